The second-order valence-electron chi connectivity index (χ2n) is 5.69. The Morgan fingerprint density at radius 1 is 1.12 bits per heavy atom. The van der Waals surface area contributed by atoms with Crippen molar-refractivity contribution >= 4 is 29.2 Å². The van der Waals surface area contributed by atoms with Crippen LogP contribution in [0, 0.1) is 5.82 Å². The molecule has 0 spiro atoms. The first-order chi connectivity index (χ1) is 11.6. The monoisotopic (exact) mass is 362 g/mol. The molecule has 0 bridgehead atoms. The van der Waals surface area contributed by atoms with Crippen LogP contribution in [0.25, 0.3) is 0 Å². The molecular formula is C17H13Cl2FN4. The molecule has 0 radical (unpaired) electrons. The summed E-state index contributed by atoms with van der Waals surface area (Å²) in [5, 5.41) is 8.74. The van der Waals surface area contributed by atoms with E-state index < -0.39 is 0 Å². The molecule has 1 aliphatic rings. The van der Waals surface area contributed by atoms with Crippen molar-refractivity contribution in [1.82, 2.24) is 14.8 Å². The smallest absolute Gasteiger partial charge is 0.222 e. The summed E-state index contributed by atoms with van der Waals surface area (Å²) in [5.41, 5.74) is 1.92. The lowest BCUT2D eigenvalue weighted by Crippen LogP contribution is -2.28. The van der Waals surface area contributed by atoms with E-state index in [-0.39, 0.29) is 17.9 Å². The Morgan fingerprint density at radius 3 is 2.67 bits per heavy atom. The van der Waals surface area contributed by atoms with Crippen LogP contribution in [-0.2, 0) is 0 Å². The summed E-state index contributed by atoms with van der Waals surface area (Å²) in [6.07, 6.45) is 2.21. The molecule has 0 fully saturated rings. The highest BCUT2D eigenvalue weighted by Crippen LogP contribution is 2.39. The highest BCUT2D eigenvalue weighted by atomic mass is 35.5. The number of hydrogen-bond donors (Lipinski definition) is 1. The molecule has 1 aliphatic heterocycles. The van der Waals surface area contributed by atoms with Gasteiger partial charge in [-0.2, -0.15) is 10.1 Å². The first-order valence-electron chi connectivity index (χ1n) is 7.48. The molecule has 2 heterocycles. The Morgan fingerprint density at radius 2 is 1.92 bits per heavy atom. The molecule has 0 amide bonds. The van der Waals surface area contributed by atoms with Crippen molar-refractivity contribution in [2.45, 2.75) is 18.5 Å². The van der Waals surface area contributed by atoms with Gasteiger partial charge in [0.05, 0.1) is 12.1 Å². The number of rotatable bonds is 2. The molecule has 4 nitrogen and oxygen atoms in total. The highest BCUT2D eigenvalue weighted by molar-refractivity contribution is 6.31. The van der Waals surface area contributed by atoms with Crippen LogP contribution < -0.4 is 5.32 Å². The third kappa shape index (κ3) is 2.74. The summed E-state index contributed by atoms with van der Waals surface area (Å²) in [6, 6.07) is 12.0. The van der Waals surface area contributed by atoms with Crippen LogP contribution in [0.15, 0.2) is 48.8 Å². The minimum atomic E-state index is -0.356. The van der Waals surface area contributed by atoms with Crippen molar-refractivity contribution in [3.05, 3.63) is 75.8 Å². The average molecular weight is 363 g/mol. The topological polar surface area (TPSA) is 42.7 Å². The Balaban J connectivity index is 1.75. The summed E-state index contributed by atoms with van der Waals surface area (Å²) in [5.74, 6) is 0.303. The van der Waals surface area contributed by atoms with Crippen molar-refractivity contribution in [3.63, 3.8) is 0 Å². The fourth-order valence-corrected chi connectivity index (χ4v) is 3.48. The predicted molar refractivity (Wildman–Crippen MR) is 92.0 cm³/mol. The van der Waals surface area contributed by atoms with Gasteiger partial charge in [0.1, 0.15) is 12.1 Å². The van der Waals surface area contributed by atoms with Crippen LogP contribution in [-0.4, -0.2) is 14.8 Å². The number of nitrogens with zero attached hydrogens (tertiary/aromatic N) is 3. The Kier molecular flexibility index (Phi) is 3.90. The Bertz CT molecular complexity index is 879. The van der Waals surface area contributed by atoms with Gasteiger partial charge >= 0.3 is 0 Å². The number of halogens is 3. The molecular weight excluding hydrogens is 350 g/mol. The molecule has 0 unspecified atom stereocenters. The molecule has 122 valence electrons. The van der Waals surface area contributed by atoms with Gasteiger partial charge < -0.3 is 5.32 Å². The van der Waals surface area contributed by atoms with Crippen molar-refractivity contribution in [3.8, 4) is 0 Å². The second-order valence-corrected chi connectivity index (χ2v) is 6.54. The minimum absolute atomic E-state index is 0.0325. The number of aromatic nitrogens is 3. The largest absolute Gasteiger partial charge is 0.348 e. The molecule has 2 aromatic carbocycles. The van der Waals surface area contributed by atoms with E-state index in [0.717, 1.165) is 11.1 Å². The molecule has 4 rings (SSSR count). The number of hydrogen-bond acceptors (Lipinski definition) is 3. The predicted octanol–water partition coefficient (Wildman–Crippen LogP) is 4.87. The van der Waals surface area contributed by atoms with Crippen LogP contribution in [0.3, 0.4) is 0 Å². The normalized spacial score (nSPS) is 19.6. The van der Waals surface area contributed by atoms with Gasteiger partial charge in [0.15, 0.2) is 0 Å². The average Bonchev–Trinajstić information content (AvgIpc) is 3.03. The maximum absolute atomic E-state index is 13.4. The zero-order valence-electron chi connectivity index (χ0n) is 12.5. The minimum Gasteiger partial charge on any atom is -0.348 e. The standard InChI is InChI=1S/C17H13Cl2FN4/c18-11-3-1-10(2-4-11)15-8-16(24-17(23-15)21-9-22-24)13-6-5-12(20)7-14(13)19/h1-7,9,15-16H,8H2,(H,21,22,23)/t15-,16+/m0/s1. The number of nitrogens with one attached hydrogen (secondary N) is 1. The lowest BCUT2D eigenvalue weighted by Gasteiger charge is -2.32. The third-order valence-corrected chi connectivity index (χ3v) is 4.80. The van der Waals surface area contributed by atoms with Crippen molar-refractivity contribution in [2.24, 2.45) is 0 Å². The van der Waals surface area contributed by atoms with Crippen LogP contribution in [0.2, 0.25) is 10.0 Å². The molecule has 0 aliphatic carbocycles. The number of benzene rings is 2. The van der Waals surface area contributed by atoms with Crippen LogP contribution in [0.1, 0.15) is 29.6 Å². The van der Waals surface area contributed by atoms with Crippen molar-refractivity contribution in [1.29, 1.82) is 0 Å². The first kappa shape index (κ1) is 15.4. The Hall–Kier alpha value is -2.11. The SMILES string of the molecule is Fc1ccc([C@H]2C[C@@H](c3ccc(Cl)cc3)Nc3ncnn32)c(Cl)c1. The zero-order chi connectivity index (χ0) is 16.7. The first-order valence-corrected chi connectivity index (χ1v) is 8.24. The van der Waals surface area contributed by atoms with E-state index in [9.17, 15) is 4.39 Å². The number of fused-ring (bicyclic) bond motifs is 1. The van der Waals surface area contributed by atoms with E-state index in [1.807, 2.05) is 24.3 Å². The molecule has 0 saturated heterocycles. The van der Waals surface area contributed by atoms with Gasteiger partial charge in [-0.3, -0.25) is 0 Å². The quantitative estimate of drug-likeness (QED) is 0.706. The molecule has 1 aromatic heterocycles. The lowest BCUT2D eigenvalue weighted by atomic mass is 9.93. The fourth-order valence-electron chi connectivity index (χ4n) is 3.06. The van der Waals surface area contributed by atoms with Crippen LogP contribution >= 0.6 is 23.2 Å². The molecule has 1 N–H and O–H groups in total. The highest BCUT2D eigenvalue weighted by Gasteiger charge is 2.31. The summed E-state index contributed by atoms with van der Waals surface area (Å²) in [7, 11) is 0. The van der Waals surface area contributed by atoms with E-state index in [0.29, 0.717) is 22.4 Å². The van der Waals surface area contributed by atoms with Crippen molar-refractivity contribution < 1.29 is 4.39 Å². The van der Waals surface area contributed by atoms with Gasteiger partial charge in [0.25, 0.3) is 0 Å². The Labute approximate surface area is 148 Å². The van der Waals surface area contributed by atoms with Gasteiger partial charge in [-0.05, 0) is 41.8 Å². The summed E-state index contributed by atoms with van der Waals surface area (Å²) in [4.78, 5) is 4.27. The van der Waals surface area contributed by atoms with Crippen LogP contribution in [0.4, 0.5) is 10.3 Å². The van der Waals surface area contributed by atoms with E-state index in [1.54, 1.807) is 10.7 Å². The van der Waals surface area contributed by atoms with E-state index >= 15 is 0 Å². The number of anilines is 1. The van der Waals surface area contributed by atoms with E-state index in [1.165, 1.54) is 18.5 Å². The van der Waals surface area contributed by atoms with E-state index in [2.05, 4.69) is 15.4 Å². The lowest BCUT2D eigenvalue weighted by molar-refractivity contribution is 0.430. The fraction of sp³-hybridized carbons (Fsp3) is 0.176. The molecule has 24 heavy (non-hydrogen) atoms. The summed E-state index contributed by atoms with van der Waals surface area (Å²) >= 11 is 12.2. The molecule has 7 heteroatoms. The van der Waals surface area contributed by atoms with Gasteiger partial charge in [0.2, 0.25) is 5.95 Å². The maximum atomic E-state index is 13.4. The van der Waals surface area contributed by atoms with Crippen molar-refractivity contribution in [2.75, 3.05) is 5.32 Å². The zero-order valence-corrected chi connectivity index (χ0v) is 14.0. The van der Waals surface area contributed by atoms with Gasteiger partial charge in [-0.25, -0.2) is 9.07 Å². The second kappa shape index (κ2) is 6.07. The van der Waals surface area contributed by atoms with Gasteiger partial charge in [-0.1, -0.05) is 41.4 Å². The molecule has 2 atom stereocenters. The third-order valence-electron chi connectivity index (χ3n) is 4.22. The molecule has 0 saturated carbocycles. The maximum Gasteiger partial charge on any atom is 0.222 e. The summed E-state index contributed by atoms with van der Waals surface area (Å²) in [6.45, 7) is 0. The van der Waals surface area contributed by atoms with E-state index in [4.69, 9.17) is 23.2 Å². The summed E-state index contributed by atoms with van der Waals surface area (Å²) < 4.78 is 15.2. The van der Waals surface area contributed by atoms with Gasteiger partial charge in [0, 0.05) is 10.0 Å². The van der Waals surface area contributed by atoms with Crippen LogP contribution in [0.5, 0.6) is 0 Å². The molecule has 3 aromatic rings. The van der Waals surface area contributed by atoms with Gasteiger partial charge in [-0.15, -0.1) is 0 Å².